The van der Waals surface area contributed by atoms with Crippen LogP contribution in [-0.4, -0.2) is 41.0 Å². The highest BCUT2D eigenvalue weighted by molar-refractivity contribution is 7.46. The van der Waals surface area contributed by atoms with Crippen molar-refractivity contribution < 1.29 is 37.9 Å². The normalized spacial score (nSPS) is 13.0. The van der Waals surface area contributed by atoms with Crippen LogP contribution in [0.4, 0.5) is 0 Å². The highest BCUT2D eigenvalue weighted by Gasteiger charge is 2.22. The maximum Gasteiger partial charge on any atom is 0.469 e. The van der Waals surface area contributed by atoms with Crippen molar-refractivity contribution in [1.29, 1.82) is 0 Å². The second-order valence-electron chi connectivity index (χ2n) is 12.5. The molecule has 0 heterocycles. The van der Waals surface area contributed by atoms with Crippen molar-refractivity contribution in [2.45, 2.75) is 174 Å². The molecule has 9 heteroatoms. The van der Waals surface area contributed by atoms with Crippen LogP contribution < -0.4 is 0 Å². The van der Waals surface area contributed by atoms with E-state index in [-0.39, 0.29) is 19.4 Å². The number of phosphoric acid groups is 1. The van der Waals surface area contributed by atoms with Gasteiger partial charge < -0.3 is 19.3 Å². The van der Waals surface area contributed by atoms with Gasteiger partial charge in [-0.05, 0) is 70.6 Å². The van der Waals surface area contributed by atoms with Gasteiger partial charge in [0.05, 0.1) is 6.61 Å². The van der Waals surface area contributed by atoms with Crippen LogP contribution in [0.5, 0.6) is 0 Å². The van der Waals surface area contributed by atoms with Crippen molar-refractivity contribution in [3.63, 3.8) is 0 Å². The van der Waals surface area contributed by atoms with Crippen LogP contribution in [0, 0.1) is 0 Å². The molecule has 0 radical (unpaired) electrons. The third-order valence-corrected chi connectivity index (χ3v) is 8.32. The minimum absolute atomic E-state index is 0.197. The molecule has 0 amide bonds. The lowest BCUT2D eigenvalue weighted by molar-refractivity contribution is -0.161. The van der Waals surface area contributed by atoms with Crippen molar-refractivity contribution >= 4 is 19.8 Å². The summed E-state index contributed by atoms with van der Waals surface area (Å²) in [6.45, 7) is 3.53. The van der Waals surface area contributed by atoms with E-state index in [1.165, 1.54) is 44.9 Å². The Kier molecular flexibility index (Phi) is 33.4. The van der Waals surface area contributed by atoms with E-state index in [1.54, 1.807) is 0 Å². The lowest BCUT2D eigenvalue weighted by atomic mass is 10.1. The molecule has 2 N–H and O–H groups in total. The van der Waals surface area contributed by atoms with Gasteiger partial charge in [-0.25, -0.2) is 4.57 Å². The number of hydrogen-bond donors (Lipinski definition) is 2. The molecular weight excluding hydrogens is 627 g/mol. The smallest absolute Gasteiger partial charge is 0.462 e. The van der Waals surface area contributed by atoms with Gasteiger partial charge in [0.15, 0.2) is 6.10 Å². The second-order valence-corrected chi connectivity index (χ2v) is 13.8. The van der Waals surface area contributed by atoms with Gasteiger partial charge in [0.2, 0.25) is 0 Å². The van der Waals surface area contributed by atoms with Crippen LogP contribution in [-0.2, 0) is 28.2 Å². The highest BCUT2D eigenvalue weighted by atomic mass is 31.2. The van der Waals surface area contributed by atoms with Crippen molar-refractivity contribution in [1.82, 2.24) is 0 Å². The molecule has 0 aliphatic rings. The van der Waals surface area contributed by atoms with E-state index >= 15 is 0 Å². The molecule has 0 aromatic carbocycles. The number of phosphoric ester groups is 1. The summed E-state index contributed by atoms with van der Waals surface area (Å²) in [5.41, 5.74) is 0. The number of esters is 2. The molecule has 0 bridgehead atoms. The van der Waals surface area contributed by atoms with Gasteiger partial charge in [-0.1, -0.05) is 133 Å². The first-order valence-corrected chi connectivity index (χ1v) is 20.5. The predicted molar refractivity (Wildman–Crippen MR) is 198 cm³/mol. The molecule has 1 atom stereocenters. The van der Waals surface area contributed by atoms with E-state index in [1.807, 2.05) is 0 Å². The fourth-order valence-electron chi connectivity index (χ4n) is 5.03. The predicted octanol–water partition coefficient (Wildman–Crippen LogP) is 11.2. The van der Waals surface area contributed by atoms with Crippen LogP contribution in [0.25, 0.3) is 0 Å². The minimum Gasteiger partial charge on any atom is -0.462 e. The Morgan fingerprint density at radius 3 is 1.52 bits per heavy atom. The first-order chi connectivity index (χ1) is 23.3. The number of allylic oxidation sites excluding steroid dienone is 8. The standard InChI is InChI=1S/C39H69O8P/c1-3-5-7-9-11-13-15-17-19-21-23-25-27-29-31-33-38(40)45-35-37(36-46-48(42,43)44)47-39(41)34-32-30-28-26-24-22-20-18-16-14-12-10-8-6-4-2/h5,7,11,13,17-20,37H,3-4,6,8-10,12,14-16,21-36H2,1-2H3,(H2,42,43,44)/b7-5+,13-11+,19-17+,20-18+/t37-/m1/s1. The Morgan fingerprint density at radius 2 is 1.00 bits per heavy atom. The largest absolute Gasteiger partial charge is 0.469 e. The number of ether oxygens (including phenoxy) is 2. The van der Waals surface area contributed by atoms with Gasteiger partial charge in [-0.2, -0.15) is 0 Å². The van der Waals surface area contributed by atoms with Gasteiger partial charge in [-0.3, -0.25) is 14.1 Å². The molecule has 278 valence electrons. The van der Waals surface area contributed by atoms with Crippen LogP contribution in [0.1, 0.15) is 168 Å². The van der Waals surface area contributed by atoms with Crippen molar-refractivity contribution in [2.24, 2.45) is 0 Å². The molecule has 0 aromatic heterocycles. The summed E-state index contributed by atoms with van der Waals surface area (Å²) in [7, 11) is -4.76. The summed E-state index contributed by atoms with van der Waals surface area (Å²) in [5, 5.41) is 0. The fourth-order valence-corrected chi connectivity index (χ4v) is 5.39. The average molecular weight is 697 g/mol. The van der Waals surface area contributed by atoms with Crippen molar-refractivity contribution in [3.05, 3.63) is 48.6 Å². The molecule has 48 heavy (non-hydrogen) atoms. The molecule has 8 nitrogen and oxygen atoms in total. The molecular formula is C39H69O8P. The Bertz CT molecular complexity index is 921. The second kappa shape index (κ2) is 34.9. The number of hydrogen-bond acceptors (Lipinski definition) is 6. The Labute approximate surface area is 293 Å². The Hall–Kier alpha value is -1.99. The van der Waals surface area contributed by atoms with Crippen molar-refractivity contribution in [2.75, 3.05) is 13.2 Å². The lowest BCUT2D eigenvalue weighted by Gasteiger charge is -2.18. The summed E-state index contributed by atoms with van der Waals surface area (Å²) in [6, 6.07) is 0. The quantitative estimate of drug-likeness (QED) is 0.0295. The summed E-state index contributed by atoms with van der Waals surface area (Å²) in [5.74, 6) is -0.917. The monoisotopic (exact) mass is 696 g/mol. The molecule has 0 saturated heterocycles. The van der Waals surface area contributed by atoms with Gasteiger partial charge in [0.25, 0.3) is 0 Å². The third kappa shape index (κ3) is 36.8. The summed E-state index contributed by atoms with van der Waals surface area (Å²) < 4.78 is 26.3. The van der Waals surface area contributed by atoms with E-state index in [4.69, 9.17) is 19.3 Å². The maximum absolute atomic E-state index is 12.4. The molecule has 0 unspecified atom stereocenters. The average Bonchev–Trinajstić information content (AvgIpc) is 3.05. The molecule has 0 fully saturated rings. The first kappa shape index (κ1) is 46.0. The molecule has 0 aromatic rings. The third-order valence-electron chi connectivity index (χ3n) is 7.83. The van der Waals surface area contributed by atoms with E-state index in [0.29, 0.717) is 12.8 Å². The number of rotatable bonds is 34. The minimum atomic E-state index is -4.76. The number of carbonyl (C=O) groups excluding carboxylic acids is 2. The van der Waals surface area contributed by atoms with Crippen molar-refractivity contribution in [3.8, 4) is 0 Å². The van der Waals surface area contributed by atoms with Gasteiger partial charge in [-0.15, -0.1) is 0 Å². The number of unbranched alkanes of at least 4 members (excludes halogenated alkanes) is 16. The summed E-state index contributed by atoms with van der Waals surface area (Å²) in [6.07, 6.45) is 41.1. The van der Waals surface area contributed by atoms with Crippen LogP contribution in [0.15, 0.2) is 48.6 Å². The molecule has 0 spiro atoms. The summed E-state index contributed by atoms with van der Waals surface area (Å²) in [4.78, 5) is 42.7. The number of carbonyl (C=O) groups is 2. The van der Waals surface area contributed by atoms with E-state index in [9.17, 15) is 14.2 Å². The topological polar surface area (TPSA) is 119 Å². The van der Waals surface area contributed by atoms with E-state index < -0.39 is 32.5 Å². The van der Waals surface area contributed by atoms with E-state index in [0.717, 1.165) is 83.5 Å². The first-order valence-electron chi connectivity index (χ1n) is 18.9. The van der Waals surface area contributed by atoms with Crippen LogP contribution in [0.3, 0.4) is 0 Å². The fraction of sp³-hybridized carbons (Fsp3) is 0.744. The molecule has 0 rings (SSSR count). The van der Waals surface area contributed by atoms with Gasteiger partial charge in [0, 0.05) is 12.8 Å². The molecule has 0 aliphatic heterocycles. The molecule has 0 aliphatic carbocycles. The molecule has 0 saturated carbocycles. The Morgan fingerprint density at radius 1 is 0.562 bits per heavy atom. The van der Waals surface area contributed by atoms with Crippen LogP contribution in [0.2, 0.25) is 0 Å². The zero-order valence-electron chi connectivity index (χ0n) is 30.4. The summed E-state index contributed by atoms with van der Waals surface area (Å²) >= 11 is 0. The van der Waals surface area contributed by atoms with E-state index in [2.05, 4.69) is 67.0 Å². The van der Waals surface area contributed by atoms with Gasteiger partial charge in [0.1, 0.15) is 6.61 Å². The van der Waals surface area contributed by atoms with Gasteiger partial charge >= 0.3 is 19.8 Å². The maximum atomic E-state index is 12.4. The highest BCUT2D eigenvalue weighted by Crippen LogP contribution is 2.36. The SMILES string of the molecule is CC/C=C/C/C=C/C/C=C/CCCCCCCC(=O)OC[C@H](COP(=O)(O)O)OC(=O)CCCCCCC/C=C/CCCCCCCC. The Balaban J connectivity index is 4.01. The zero-order chi connectivity index (χ0) is 35.4. The van der Waals surface area contributed by atoms with Crippen LogP contribution >= 0.6 is 7.82 Å². The lowest BCUT2D eigenvalue weighted by Crippen LogP contribution is -2.29. The zero-order valence-corrected chi connectivity index (χ0v) is 31.3.